The smallest absolute Gasteiger partial charge is 0.0995 e. The molecule has 2 rings (SSSR count). The molecule has 3 nitrogen and oxygen atoms in total. The van der Waals surface area contributed by atoms with Gasteiger partial charge in [0.05, 0.1) is 18.2 Å². The summed E-state index contributed by atoms with van der Waals surface area (Å²) in [6.07, 6.45) is 4.97. The summed E-state index contributed by atoms with van der Waals surface area (Å²) < 4.78 is 0. The second-order valence-corrected chi connectivity index (χ2v) is 5.41. The molecule has 1 atom stereocenters. The minimum absolute atomic E-state index is 0.148. The van der Waals surface area contributed by atoms with Crippen LogP contribution in [0.4, 0.5) is 0 Å². The van der Waals surface area contributed by atoms with Crippen molar-refractivity contribution >= 4 is 0 Å². The quantitative estimate of drug-likeness (QED) is 0.883. The summed E-state index contributed by atoms with van der Waals surface area (Å²) in [6, 6.07) is 10.7. The molecule has 0 spiro atoms. The maximum Gasteiger partial charge on any atom is 0.0995 e. The van der Waals surface area contributed by atoms with Crippen molar-refractivity contribution in [2.45, 2.75) is 51.2 Å². The van der Waals surface area contributed by atoms with Crippen LogP contribution in [-0.2, 0) is 6.54 Å². The molecule has 1 fully saturated rings. The first kappa shape index (κ1) is 14.0. The molecule has 1 N–H and O–H groups in total. The third-order valence-corrected chi connectivity index (χ3v) is 4.11. The van der Waals surface area contributed by atoms with E-state index in [1.807, 2.05) is 24.3 Å². The van der Waals surface area contributed by atoms with Crippen LogP contribution in [0, 0.1) is 11.3 Å². The minimum atomic E-state index is 0.148. The summed E-state index contributed by atoms with van der Waals surface area (Å²) in [5, 5.41) is 18.6. The standard InChI is InChI=1S/C16H22N2O/c1-13(12-19)18(16-8-4-5-9-16)11-15-7-3-2-6-14(15)10-17/h2-3,6-7,13,16,19H,4-5,8-9,11-12H2,1H3. The molecule has 0 heterocycles. The second kappa shape index (κ2) is 6.70. The molecule has 0 aromatic heterocycles. The van der Waals surface area contributed by atoms with Gasteiger partial charge in [-0.05, 0) is 31.4 Å². The number of rotatable bonds is 5. The Morgan fingerprint density at radius 2 is 2.05 bits per heavy atom. The van der Waals surface area contributed by atoms with Crippen molar-refractivity contribution in [2.24, 2.45) is 0 Å². The number of hydrogen-bond donors (Lipinski definition) is 1. The number of hydrogen-bond acceptors (Lipinski definition) is 3. The number of nitrogens with zero attached hydrogens (tertiary/aromatic N) is 2. The van der Waals surface area contributed by atoms with Crippen LogP contribution >= 0.6 is 0 Å². The van der Waals surface area contributed by atoms with Crippen molar-refractivity contribution in [3.8, 4) is 6.07 Å². The zero-order valence-corrected chi connectivity index (χ0v) is 11.5. The van der Waals surface area contributed by atoms with Crippen molar-refractivity contribution < 1.29 is 5.11 Å². The van der Waals surface area contributed by atoms with Gasteiger partial charge in [0.15, 0.2) is 0 Å². The molecule has 0 bridgehead atoms. The SMILES string of the molecule is CC(CO)N(Cc1ccccc1C#N)C1CCCC1. The molecule has 19 heavy (non-hydrogen) atoms. The number of aliphatic hydroxyl groups excluding tert-OH is 1. The van der Waals surface area contributed by atoms with Gasteiger partial charge in [0.2, 0.25) is 0 Å². The van der Waals surface area contributed by atoms with E-state index in [1.54, 1.807) is 0 Å². The predicted molar refractivity (Wildman–Crippen MR) is 75.5 cm³/mol. The van der Waals surface area contributed by atoms with Gasteiger partial charge in [-0.3, -0.25) is 4.90 Å². The zero-order chi connectivity index (χ0) is 13.7. The zero-order valence-electron chi connectivity index (χ0n) is 11.5. The summed E-state index contributed by atoms with van der Waals surface area (Å²) in [6.45, 7) is 2.99. The van der Waals surface area contributed by atoms with Gasteiger partial charge in [0, 0.05) is 18.6 Å². The van der Waals surface area contributed by atoms with Gasteiger partial charge < -0.3 is 5.11 Å². The lowest BCUT2D eigenvalue weighted by molar-refractivity contribution is 0.0874. The van der Waals surface area contributed by atoms with Crippen LogP contribution in [0.2, 0.25) is 0 Å². The molecule has 0 radical (unpaired) electrons. The first-order valence-electron chi connectivity index (χ1n) is 7.11. The van der Waals surface area contributed by atoms with Crippen LogP contribution in [0.5, 0.6) is 0 Å². The lowest BCUT2D eigenvalue weighted by Gasteiger charge is -2.33. The van der Waals surface area contributed by atoms with E-state index in [0.29, 0.717) is 6.04 Å². The summed E-state index contributed by atoms with van der Waals surface area (Å²) >= 11 is 0. The van der Waals surface area contributed by atoms with Crippen molar-refractivity contribution in [2.75, 3.05) is 6.61 Å². The fourth-order valence-corrected chi connectivity index (χ4v) is 2.95. The molecule has 3 heteroatoms. The normalized spacial score (nSPS) is 17.6. The van der Waals surface area contributed by atoms with Gasteiger partial charge in [-0.1, -0.05) is 31.0 Å². The fraction of sp³-hybridized carbons (Fsp3) is 0.562. The molecule has 1 aliphatic carbocycles. The Kier molecular flexibility index (Phi) is 4.95. The van der Waals surface area contributed by atoms with E-state index in [9.17, 15) is 10.4 Å². The molecule has 0 saturated heterocycles. The molecule has 1 aromatic carbocycles. The lowest BCUT2D eigenvalue weighted by atomic mass is 10.0. The molecule has 102 valence electrons. The van der Waals surface area contributed by atoms with Crippen molar-refractivity contribution in [1.29, 1.82) is 5.26 Å². The fourth-order valence-electron chi connectivity index (χ4n) is 2.95. The Hall–Kier alpha value is -1.37. The largest absolute Gasteiger partial charge is 0.395 e. The monoisotopic (exact) mass is 258 g/mol. The van der Waals surface area contributed by atoms with E-state index in [-0.39, 0.29) is 12.6 Å². The topological polar surface area (TPSA) is 47.3 Å². The van der Waals surface area contributed by atoms with Gasteiger partial charge in [0.1, 0.15) is 0 Å². The number of aliphatic hydroxyl groups is 1. The highest BCUT2D eigenvalue weighted by Crippen LogP contribution is 2.27. The van der Waals surface area contributed by atoms with Gasteiger partial charge >= 0.3 is 0 Å². The van der Waals surface area contributed by atoms with Crippen LogP contribution in [0.15, 0.2) is 24.3 Å². The minimum Gasteiger partial charge on any atom is -0.395 e. The molecule has 0 aliphatic heterocycles. The third kappa shape index (κ3) is 3.34. The van der Waals surface area contributed by atoms with Gasteiger partial charge in [0.25, 0.3) is 0 Å². The molecule has 1 saturated carbocycles. The Bertz CT molecular complexity index is 446. The summed E-state index contributed by atoms with van der Waals surface area (Å²) in [5.41, 5.74) is 1.81. The maximum absolute atomic E-state index is 9.46. The van der Waals surface area contributed by atoms with Gasteiger partial charge in [-0.25, -0.2) is 0 Å². The van der Waals surface area contributed by atoms with Crippen LogP contribution in [0.3, 0.4) is 0 Å². The molecule has 1 aromatic rings. The average Bonchev–Trinajstić information content (AvgIpc) is 2.98. The summed E-state index contributed by atoms with van der Waals surface area (Å²) in [5.74, 6) is 0. The van der Waals surface area contributed by atoms with E-state index < -0.39 is 0 Å². The molecular weight excluding hydrogens is 236 g/mol. The molecule has 1 aliphatic rings. The van der Waals surface area contributed by atoms with E-state index in [0.717, 1.165) is 17.7 Å². The summed E-state index contributed by atoms with van der Waals surface area (Å²) in [4.78, 5) is 2.36. The van der Waals surface area contributed by atoms with E-state index in [4.69, 9.17) is 0 Å². The number of benzene rings is 1. The highest BCUT2D eigenvalue weighted by atomic mass is 16.3. The van der Waals surface area contributed by atoms with Crippen LogP contribution in [0.1, 0.15) is 43.7 Å². The Morgan fingerprint density at radius 3 is 2.68 bits per heavy atom. The first-order valence-corrected chi connectivity index (χ1v) is 7.11. The van der Waals surface area contributed by atoms with Crippen molar-refractivity contribution in [3.63, 3.8) is 0 Å². The van der Waals surface area contributed by atoms with Crippen LogP contribution in [-0.4, -0.2) is 28.7 Å². The number of nitriles is 1. The average molecular weight is 258 g/mol. The predicted octanol–water partition coefficient (Wildman–Crippen LogP) is 2.68. The highest BCUT2D eigenvalue weighted by molar-refractivity contribution is 5.37. The third-order valence-electron chi connectivity index (χ3n) is 4.11. The Labute approximate surface area is 115 Å². The van der Waals surface area contributed by atoms with Crippen molar-refractivity contribution in [1.82, 2.24) is 4.90 Å². The van der Waals surface area contributed by atoms with Crippen LogP contribution < -0.4 is 0 Å². The second-order valence-electron chi connectivity index (χ2n) is 5.41. The first-order chi connectivity index (χ1) is 9.26. The van der Waals surface area contributed by atoms with Crippen molar-refractivity contribution in [3.05, 3.63) is 35.4 Å². The van der Waals surface area contributed by atoms with E-state index >= 15 is 0 Å². The lowest BCUT2D eigenvalue weighted by Crippen LogP contribution is -2.41. The molecular formula is C16H22N2O. The van der Waals surface area contributed by atoms with E-state index in [2.05, 4.69) is 17.9 Å². The summed E-state index contributed by atoms with van der Waals surface area (Å²) in [7, 11) is 0. The van der Waals surface area contributed by atoms with Crippen LogP contribution in [0.25, 0.3) is 0 Å². The van der Waals surface area contributed by atoms with E-state index in [1.165, 1.54) is 25.7 Å². The Morgan fingerprint density at radius 1 is 1.37 bits per heavy atom. The molecule has 1 unspecified atom stereocenters. The Balaban J connectivity index is 2.17. The van der Waals surface area contributed by atoms with Gasteiger partial charge in [-0.15, -0.1) is 0 Å². The molecule has 0 amide bonds. The highest BCUT2D eigenvalue weighted by Gasteiger charge is 2.26. The maximum atomic E-state index is 9.46. The van der Waals surface area contributed by atoms with Gasteiger partial charge in [-0.2, -0.15) is 5.26 Å².